The standard InChI is InChI=1S/C14H22N4O6S/c1-5-7-16(8-6-2)14-11(17(19)20)9-12(25(23,24)15-4)10(3)13(14)18(21)22/h9,15H,5-8H2,1-4H3. The Morgan fingerprint density at radius 1 is 1.12 bits per heavy atom. The molecule has 0 aliphatic heterocycles. The van der Waals surface area contributed by atoms with Crippen molar-refractivity contribution in [1.29, 1.82) is 0 Å². The normalized spacial score (nSPS) is 11.4. The first-order valence-corrected chi connectivity index (χ1v) is 9.25. The van der Waals surface area contributed by atoms with Gasteiger partial charge in [0.2, 0.25) is 10.0 Å². The molecule has 1 N–H and O–H groups in total. The van der Waals surface area contributed by atoms with Gasteiger partial charge in [0.25, 0.3) is 0 Å². The number of nitro benzene ring substituents is 2. The number of nitrogens with one attached hydrogen (secondary N) is 1. The van der Waals surface area contributed by atoms with Gasteiger partial charge in [-0.1, -0.05) is 13.8 Å². The first-order valence-electron chi connectivity index (χ1n) is 7.77. The Labute approximate surface area is 146 Å². The van der Waals surface area contributed by atoms with E-state index in [1.54, 1.807) is 4.90 Å². The summed E-state index contributed by atoms with van der Waals surface area (Å²) >= 11 is 0. The fraction of sp³-hybridized carbons (Fsp3) is 0.571. The van der Waals surface area contributed by atoms with Crippen molar-refractivity contribution in [3.63, 3.8) is 0 Å². The molecule has 0 spiro atoms. The van der Waals surface area contributed by atoms with Crippen molar-refractivity contribution in [1.82, 2.24) is 4.72 Å². The maximum absolute atomic E-state index is 12.1. The number of nitro groups is 2. The van der Waals surface area contributed by atoms with Crippen LogP contribution in [0, 0.1) is 27.2 Å². The molecule has 11 heteroatoms. The summed E-state index contributed by atoms with van der Waals surface area (Å²) in [7, 11) is -2.95. The molecular weight excluding hydrogens is 352 g/mol. The fourth-order valence-electron chi connectivity index (χ4n) is 2.66. The molecule has 0 fully saturated rings. The van der Waals surface area contributed by atoms with Crippen LogP contribution in [0.5, 0.6) is 0 Å². The highest BCUT2D eigenvalue weighted by molar-refractivity contribution is 7.89. The van der Waals surface area contributed by atoms with Gasteiger partial charge in [0.15, 0.2) is 5.69 Å². The zero-order valence-corrected chi connectivity index (χ0v) is 15.4. The Morgan fingerprint density at radius 2 is 1.64 bits per heavy atom. The Balaban J connectivity index is 3.96. The average molecular weight is 374 g/mol. The lowest BCUT2D eigenvalue weighted by atomic mass is 10.1. The number of anilines is 1. The predicted molar refractivity (Wildman–Crippen MR) is 93.5 cm³/mol. The molecule has 0 atom stereocenters. The van der Waals surface area contributed by atoms with E-state index < -0.39 is 36.1 Å². The van der Waals surface area contributed by atoms with Gasteiger partial charge in [-0.05, 0) is 26.8 Å². The second-order valence-electron chi connectivity index (χ2n) is 5.42. The summed E-state index contributed by atoms with van der Waals surface area (Å²) in [5.41, 5.74) is -1.42. The van der Waals surface area contributed by atoms with E-state index in [0.29, 0.717) is 25.9 Å². The van der Waals surface area contributed by atoms with Crippen LogP contribution in [0.4, 0.5) is 17.1 Å². The Bertz CT molecular complexity index is 772. The molecule has 0 heterocycles. The van der Waals surface area contributed by atoms with E-state index >= 15 is 0 Å². The van der Waals surface area contributed by atoms with Gasteiger partial charge in [-0.15, -0.1) is 0 Å². The molecule has 0 bridgehead atoms. The summed E-state index contributed by atoms with van der Waals surface area (Å²) in [4.78, 5) is 22.7. The van der Waals surface area contributed by atoms with Crippen LogP contribution in [-0.2, 0) is 10.0 Å². The monoisotopic (exact) mass is 374 g/mol. The molecule has 1 rings (SSSR count). The minimum absolute atomic E-state index is 0.128. The lowest BCUT2D eigenvalue weighted by Gasteiger charge is -2.24. The van der Waals surface area contributed by atoms with Crippen molar-refractivity contribution in [2.75, 3.05) is 25.0 Å². The second kappa shape index (κ2) is 8.21. The van der Waals surface area contributed by atoms with Gasteiger partial charge < -0.3 is 4.90 Å². The van der Waals surface area contributed by atoms with E-state index in [9.17, 15) is 28.6 Å². The van der Waals surface area contributed by atoms with Crippen molar-refractivity contribution >= 4 is 27.1 Å². The predicted octanol–water partition coefficient (Wildman–Crippen LogP) is 2.35. The number of benzene rings is 1. The van der Waals surface area contributed by atoms with Gasteiger partial charge >= 0.3 is 11.4 Å². The van der Waals surface area contributed by atoms with Gasteiger partial charge in [-0.3, -0.25) is 20.2 Å². The van der Waals surface area contributed by atoms with Gasteiger partial charge in [0.1, 0.15) is 0 Å². The maximum Gasteiger partial charge on any atom is 0.303 e. The number of hydrogen-bond donors (Lipinski definition) is 1. The van der Waals surface area contributed by atoms with Crippen molar-refractivity contribution < 1.29 is 18.3 Å². The molecule has 0 saturated heterocycles. The fourth-order valence-corrected chi connectivity index (χ4v) is 3.64. The Hall–Kier alpha value is -2.27. The van der Waals surface area contributed by atoms with Crippen LogP contribution in [0.15, 0.2) is 11.0 Å². The Kier molecular flexibility index (Phi) is 6.82. The van der Waals surface area contributed by atoms with E-state index in [4.69, 9.17) is 0 Å². The molecule has 0 radical (unpaired) electrons. The lowest BCUT2D eigenvalue weighted by Crippen LogP contribution is -2.28. The highest BCUT2D eigenvalue weighted by Crippen LogP contribution is 2.43. The highest BCUT2D eigenvalue weighted by atomic mass is 32.2. The van der Waals surface area contributed by atoms with Crippen molar-refractivity contribution in [3.05, 3.63) is 31.9 Å². The molecule has 0 amide bonds. The van der Waals surface area contributed by atoms with Crippen LogP contribution < -0.4 is 9.62 Å². The molecule has 0 aliphatic rings. The van der Waals surface area contributed by atoms with Crippen molar-refractivity contribution in [2.24, 2.45) is 0 Å². The summed E-state index contributed by atoms with van der Waals surface area (Å²) < 4.78 is 26.3. The van der Waals surface area contributed by atoms with E-state index in [1.165, 1.54) is 6.92 Å². The molecule has 140 valence electrons. The zero-order chi connectivity index (χ0) is 19.4. The summed E-state index contributed by atoms with van der Waals surface area (Å²) in [6, 6.07) is 0.891. The molecule has 0 unspecified atom stereocenters. The average Bonchev–Trinajstić information content (AvgIpc) is 2.53. The van der Waals surface area contributed by atoms with Gasteiger partial charge in [-0.2, -0.15) is 0 Å². The van der Waals surface area contributed by atoms with E-state index in [0.717, 1.165) is 13.1 Å². The summed E-state index contributed by atoms with van der Waals surface area (Å²) in [6.07, 6.45) is 1.26. The van der Waals surface area contributed by atoms with Crippen LogP contribution in [0.1, 0.15) is 32.3 Å². The first kappa shape index (κ1) is 20.8. The van der Waals surface area contributed by atoms with Crippen LogP contribution in [0.3, 0.4) is 0 Å². The molecule has 0 aliphatic carbocycles. The second-order valence-corrected chi connectivity index (χ2v) is 7.28. The zero-order valence-electron chi connectivity index (χ0n) is 14.6. The lowest BCUT2D eigenvalue weighted by molar-refractivity contribution is -0.393. The maximum atomic E-state index is 12.1. The smallest absolute Gasteiger partial charge is 0.303 e. The van der Waals surface area contributed by atoms with Gasteiger partial charge in [0.05, 0.1) is 14.7 Å². The summed E-state index contributed by atoms with van der Waals surface area (Å²) in [6.45, 7) is 5.76. The molecule has 1 aromatic carbocycles. The molecular formula is C14H22N4O6S. The molecule has 25 heavy (non-hydrogen) atoms. The molecule has 0 aromatic heterocycles. The minimum atomic E-state index is -4.09. The number of rotatable bonds is 9. The Morgan fingerprint density at radius 3 is 2.00 bits per heavy atom. The largest absolute Gasteiger partial charge is 0.360 e. The highest BCUT2D eigenvalue weighted by Gasteiger charge is 2.36. The van der Waals surface area contributed by atoms with Crippen LogP contribution >= 0.6 is 0 Å². The SMILES string of the molecule is CCCN(CCC)c1c([N+](=O)[O-])cc(S(=O)(=O)NC)c(C)c1[N+](=O)[O-]. The van der Waals surface area contributed by atoms with Crippen molar-refractivity contribution in [2.45, 2.75) is 38.5 Å². The van der Waals surface area contributed by atoms with E-state index in [-0.39, 0.29) is 11.3 Å². The van der Waals surface area contributed by atoms with Gasteiger partial charge in [0, 0.05) is 24.7 Å². The third-order valence-electron chi connectivity index (χ3n) is 3.70. The van der Waals surface area contributed by atoms with Crippen LogP contribution in [0.2, 0.25) is 0 Å². The number of hydrogen-bond acceptors (Lipinski definition) is 7. The topological polar surface area (TPSA) is 136 Å². The molecule has 1 aromatic rings. The van der Waals surface area contributed by atoms with Crippen LogP contribution in [0.25, 0.3) is 0 Å². The van der Waals surface area contributed by atoms with Crippen molar-refractivity contribution in [3.8, 4) is 0 Å². The van der Waals surface area contributed by atoms with Gasteiger partial charge in [-0.25, -0.2) is 13.1 Å². The quantitative estimate of drug-likeness (QED) is 0.517. The first-order chi connectivity index (χ1) is 11.6. The minimum Gasteiger partial charge on any atom is -0.360 e. The number of sulfonamides is 1. The third-order valence-corrected chi connectivity index (χ3v) is 5.24. The number of nitrogens with zero attached hydrogens (tertiary/aromatic N) is 3. The molecule has 0 saturated carbocycles. The third kappa shape index (κ3) is 4.23. The summed E-state index contributed by atoms with van der Waals surface area (Å²) in [5.74, 6) is 0. The van der Waals surface area contributed by atoms with Crippen LogP contribution in [-0.4, -0.2) is 38.4 Å². The molecule has 10 nitrogen and oxygen atoms in total. The van der Waals surface area contributed by atoms with E-state index in [2.05, 4.69) is 0 Å². The summed E-state index contributed by atoms with van der Waals surface area (Å²) in [5, 5.41) is 23.2. The van der Waals surface area contributed by atoms with E-state index in [1.807, 2.05) is 18.6 Å².